The number of halogens is 1. The van der Waals surface area contributed by atoms with Crippen molar-refractivity contribution in [3.05, 3.63) is 79.3 Å². The summed E-state index contributed by atoms with van der Waals surface area (Å²) < 4.78 is 0. The molecule has 5 nitrogen and oxygen atoms in total. The molecule has 6 heteroatoms. The summed E-state index contributed by atoms with van der Waals surface area (Å²) in [5.41, 5.74) is 1.86. The van der Waals surface area contributed by atoms with Gasteiger partial charge in [-0.15, -0.1) is 0 Å². The maximum atomic E-state index is 11.6. The average Bonchev–Trinajstić information content (AvgIpc) is 2.50. The van der Waals surface area contributed by atoms with Gasteiger partial charge in [-0.3, -0.25) is 14.5 Å². The molecule has 0 aliphatic rings. The second-order valence-corrected chi connectivity index (χ2v) is 5.99. The van der Waals surface area contributed by atoms with Crippen LogP contribution in [0.25, 0.3) is 11.0 Å². The van der Waals surface area contributed by atoms with E-state index in [1.165, 1.54) is 5.56 Å². The molecule has 2 N–H and O–H groups in total. The van der Waals surface area contributed by atoms with Gasteiger partial charge in [-0.05, 0) is 30.3 Å². The first-order chi connectivity index (χ1) is 11.0. The number of aromatic amines is 2. The van der Waals surface area contributed by atoms with Gasteiger partial charge in [0.25, 0.3) is 0 Å². The minimum atomic E-state index is -0.677. The first-order valence-electron chi connectivity index (χ1n) is 7.20. The standard InChI is InChI=1S/C17H16ClN3O2/c1-21(9-11-5-3-2-4-6-11)10-12-7-13(18)8-14-15(12)20-17(23)16(22)19-14/h2-8H,9-10H2,1H3,(H,19,22)(H,20,23). The zero-order valence-corrected chi connectivity index (χ0v) is 13.4. The van der Waals surface area contributed by atoms with E-state index in [4.69, 9.17) is 11.6 Å². The molecule has 2 aromatic carbocycles. The van der Waals surface area contributed by atoms with Crippen molar-refractivity contribution in [2.75, 3.05) is 7.05 Å². The maximum absolute atomic E-state index is 11.6. The third-order valence-electron chi connectivity index (χ3n) is 3.61. The molecule has 3 rings (SSSR count). The number of fused-ring (bicyclic) bond motifs is 1. The molecule has 0 bridgehead atoms. The number of rotatable bonds is 4. The summed E-state index contributed by atoms with van der Waals surface area (Å²) in [6.07, 6.45) is 0. The molecule has 3 aromatic rings. The summed E-state index contributed by atoms with van der Waals surface area (Å²) >= 11 is 6.13. The Morgan fingerprint density at radius 1 is 1.00 bits per heavy atom. The molecule has 0 fully saturated rings. The predicted octanol–water partition coefficient (Wildman–Crippen LogP) is 2.50. The van der Waals surface area contributed by atoms with Gasteiger partial charge in [0.05, 0.1) is 11.0 Å². The van der Waals surface area contributed by atoms with E-state index in [9.17, 15) is 9.59 Å². The van der Waals surface area contributed by atoms with Crippen molar-refractivity contribution in [1.82, 2.24) is 14.9 Å². The third kappa shape index (κ3) is 3.52. The lowest BCUT2D eigenvalue weighted by molar-refractivity contribution is 0.320. The van der Waals surface area contributed by atoms with Crippen molar-refractivity contribution < 1.29 is 0 Å². The monoisotopic (exact) mass is 329 g/mol. The van der Waals surface area contributed by atoms with Crippen molar-refractivity contribution in [3.8, 4) is 0 Å². The van der Waals surface area contributed by atoms with Crippen molar-refractivity contribution >= 4 is 22.6 Å². The normalized spacial score (nSPS) is 11.3. The molecule has 0 saturated heterocycles. The van der Waals surface area contributed by atoms with Crippen LogP contribution in [0.2, 0.25) is 5.02 Å². The lowest BCUT2D eigenvalue weighted by Gasteiger charge is -2.18. The molecule has 0 spiro atoms. The molecule has 0 aliphatic carbocycles. The topological polar surface area (TPSA) is 69.0 Å². The fourth-order valence-corrected chi connectivity index (χ4v) is 2.87. The van der Waals surface area contributed by atoms with Gasteiger partial charge >= 0.3 is 11.1 Å². The summed E-state index contributed by atoms with van der Waals surface area (Å²) in [4.78, 5) is 30.4. The number of H-pyrrole nitrogens is 2. The Morgan fingerprint density at radius 3 is 2.43 bits per heavy atom. The van der Waals surface area contributed by atoms with Gasteiger partial charge in [-0.2, -0.15) is 0 Å². The Morgan fingerprint density at radius 2 is 1.70 bits per heavy atom. The Balaban J connectivity index is 1.94. The predicted molar refractivity (Wildman–Crippen MR) is 91.8 cm³/mol. The lowest BCUT2D eigenvalue weighted by atomic mass is 10.1. The number of hydrogen-bond donors (Lipinski definition) is 2. The van der Waals surface area contributed by atoms with Crippen LogP contribution in [0.1, 0.15) is 11.1 Å². The first kappa shape index (κ1) is 15.5. The van der Waals surface area contributed by atoms with Crippen molar-refractivity contribution in [3.63, 3.8) is 0 Å². The summed E-state index contributed by atoms with van der Waals surface area (Å²) in [5, 5.41) is 0.517. The number of hydrogen-bond acceptors (Lipinski definition) is 3. The first-order valence-corrected chi connectivity index (χ1v) is 7.58. The molecule has 0 atom stereocenters. The zero-order chi connectivity index (χ0) is 16.4. The van der Waals surface area contributed by atoms with Crippen LogP contribution in [0.15, 0.2) is 52.1 Å². The summed E-state index contributed by atoms with van der Waals surface area (Å²) in [5.74, 6) is 0. The van der Waals surface area contributed by atoms with Crippen LogP contribution in [-0.2, 0) is 13.1 Å². The highest BCUT2D eigenvalue weighted by molar-refractivity contribution is 6.31. The van der Waals surface area contributed by atoms with Crippen LogP contribution in [0, 0.1) is 0 Å². The second kappa shape index (κ2) is 6.40. The number of aromatic nitrogens is 2. The Kier molecular flexibility index (Phi) is 4.32. The van der Waals surface area contributed by atoms with E-state index < -0.39 is 11.1 Å². The Labute approximate surface area is 137 Å². The fraction of sp³-hybridized carbons (Fsp3) is 0.176. The van der Waals surface area contributed by atoms with E-state index in [0.29, 0.717) is 22.6 Å². The molecular formula is C17H16ClN3O2. The molecule has 1 heterocycles. The van der Waals surface area contributed by atoms with Gasteiger partial charge in [0.15, 0.2) is 0 Å². The Hall–Kier alpha value is -2.37. The highest BCUT2D eigenvalue weighted by Gasteiger charge is 2.10. The number of benzene rings is 2. The molecule has 0 aliphatic heterocycles. The van der Waals surface area contributed by atoms with Crippen LogP contribution in [0.4, 0.5) is 0 Å². The van der Waals surface area contributed by atoms with E-state index in [-0.39, 0.29) is 0 Å². The van der Waals surface area contributed by atoms with E-state index in [1.54, 1.807) is 12.1 Å². The lowest BCUT2D eigenvalue weighted by Crippen LogP contribution is -2.29. The molecular weight excluding hydrogens is 314 g/mol. The SMILES string of the molecule is CN(Cc1ccccc1)Cc1cc(Cl)cc2[nH]c(=O)c(=O)[nH]c12. The van der Waals surface area contributed by atoms with Crippen molar-refractivity contribution in [1.29, 1.82) is 0 Å². The third-order valence-corrected chi connectivity index (χ3v) is 3.83. The number of nitrogens with zero attached hydrogens (tertiary/aromatic N) is 1. The smallest absolute Gasteiger partial charge is 0.314 e. The van der Waals surface area contributed by atoms with Gasteiger partial charge < -0.3 is 9.97 Å². The van der Waals surface area contributed by atoms with Crippen molar-refractivity contribution in [2.45, 2.75) is 13.1 Å². The van der Waals surface area contributed by atoms with Gasteiger partial charge in [0.2, 0.25) is 0 Å². The molecule has 23 heavy (non-hydrogen) atoms. The Bertz CT molecular complexity index is 947. The molecule has 1 aromatic heterocycles. The molecule has 118 valence electrons. The molecule has 0 unspecified atom stereocenters. The molecule has 0 radical (unpaired) electrons. The largest absolute Gasteiger partial charge is 0.316 e. The van der Waals surface area contributed by atoms with Gasteiger partial charge in [0, 0.05) is 18.1 Å². The highest BCUT2D eigenvalue weighted by Crippen LogP contribution is 2.21. The van der Waals surface area contributed by atoms with Crippen LogP contribution in [0.5, 0.6) is 0 Å². The van der Waals surface area contributed by atoms with Crippen molar-refractivity contribution in [2.24, 2.45) is 0 Å². The number of nitrogens with one attached hydrogen (secondary N) is 2. The van der Waals surface area contributed by atoms with Gasteiger partial charge in [-0.25, -0.2) is 0 Å². The fourth-order valence-electron chi connectivity index (χ4n) is 2.63. The average molecular weight is 330 g/mol. The second-order valence-electron chi connectivity index (χ2n) is 5.55. The summed E-state index contributed by atoms with van der Waals surface area (Å²) in [6.45, 7) is 1.36. The van der Waals surface area contributed by atoms with E-state index in [2.05, 4.69) is 27.0 Å². The van der Waals surface area contributed by atoms with E-state index in [0.717, 1.165) is 12.1 Å². The van der Waals surface area contributed by atoms with Gasteiger partial charge in [0.1, 0.15) is 0 Å². The quantitative estimate of drug-likeness (QED) is 0.723. The van der Waals surface area contributed by atoms with Crippen LogP contribution in [0.3, 0.4) is 0 Å². The molecule has 0 amide bonds. The van der Waals surface area contributed by atoms with Crippen LogP contribution >= 0.6 is 11.6 Å². The van der Waals surface area contributed by atoms with E-state index >= 15 is 0 Å². The minimum absolute atomic E-state index is 0.517. The van der Waals surface area contributed by atoms with Crippen LogP contribution < -0.4 is 11.1 Å². The molecule has 0 saturated carbocycles. The maximum Gasteiger partial charge on any atom is 0.314 e. The van der Waals surface area contributed by atoms with E-state index in [1.807, 2.05) is 25.2 Å². The van der Waals surface area contributed by atoms with Gasteiger partial charge in [-0.1, -0.05) is 41.9 Å². The highest BCUT2D eigenvalue weighted by atomic mass is 35.5. The summed E-state index contributed by atoms with van der Waals surface area (Å²) in [7, 11) is 1.99. The zero-order valence-electron chi connectivity index (χ0n) is 12.6. The van der Waals surface area contributed by atoms with Crippen LogP contribution in [-0.4, -0.2) is 21.9 Å². The summed E-state index contributed by atoms with van der Waals surface area (Å²) in [6, 6.07) is 13.5. The minimum Gasteiger partial charge on any atom is -0.316 e.